The van der Waals surface area contributed by atoms with Gasteiger partial charge < -0.3 is 0 Å². The molecule has 0 heterocycles. The molecule has 1 aliphatic rings. The Labute approximate surface area is 289 Å². The van der Waals surface area contributed by atoms with Gasteiger partial charge in [0.15, 0.2) is 0 Å². The average Bonchev–Trinajstić information content (AvgIpc) is 3.05. The van der Waals surface area contributed by atoms with E-state index in [9.17, 15) is 0 Å². The van der Waals surface area contributed by atoms with Crippen LogP contribution in [-0.2, 0) is 21.7 Å². The third kappa shape index (κ3) is 6.59. The van der Waals surface area contributed by atoms with Crippen LogP contribution in [0.5, 0.6) is 0 Å². The fourth-order valence-electron chi connectivity index (χ4n) is 7.26. The first-order valence-electron chi connectivity index (χ1n) is 16.2. The number of hydrogen-bond acceptors (Lipinski definition) is 0. The molecule has 4 rings (SSSR count). The summed E-state index contributed by atoms with van der Waals surface area (Å²) < 4.78 is 0. The number of rotatable bonds is 7. The minimum atomic E-state index is -2.81. The Morgan fingerprint density at radius 3 is 0.955 bits per heavy atom. The van der Waals surface area contributed by atoms with Crippen LogP contribution in [0.1, 0.15) is 44.4 Å². The van der Waals surface area contributed by atoms with Crippen molar-refractivity contribution in [3.8, 4) is 0 Å². The van der Waals surface area contributed by atoms with E-state index in [1.807, 2.05) is 0 Å². The van der Waals surface area contributed by atoms with Gasteiger partial charge in [0.1, 0.15) is 8.07 Å². The van der Waals surface area contributed by atoms with Crippen molar-refractivity contribution < 1.29 is 21.7 Å². The SMILES string of the molecule is CC1=[C-]C(C)([Si](c2cc(C)cc([Si](C)(C)C)c2)(c2cc(C)cc([Si](C)(C)C)c2)c2cc(C)cc([Si](C)(C)C)c2)C(C)=C1C.[Ti]. The number of aryl methyl sites for hydroxylation is 3. The summed E-state index contributed by atoms with van der Waals surface area (Å²) in [5.41, 5.74) is 8.43. The van der Waals surface area contributed by atoms with Crippen LogP contribution in [0.2, 0.25) is 64.0 Å². The Hall–Kier alpha value is -1.28. The van der Waals surface area contributed by atoms with Gasteiger partial charge in [-0.25, -0.2) is 5.57 Å². The summed E-state index contributed by atoms with van der Waals surface area (Å²) in [6, 6.07) is 23.2. The quantitative estimate of drug-likeness (QED) is 0.137. The molecule has 0 bridgehead atoms. The molecular formula is C39H57Si4Ti-. The van der Waals surface area contributed by atoms with Crippen molar-refractivity contribution in [1.29, 1.82) is 0 Å². The van der Waals surface area contributed by atoms with Crippen LogP contribution < -0.4 is 31.1 Å². The predicted molar refractivity (Wildman–Crippen MR) is 206 cm³/mol. The van der Waals surface area contributed by atoms with Crippen molar-refractivity contribution in [2.45, 2.75) is 112 Å². The predicted octanol–water partition coefficient (Wildman–Crippen LogP) is 7.57. The first-order chi connectivity index (χ1) is 19.5. The molecule has 1 aliphatic carbocycles. The van der Waals surface area contributed by atoms with Gasteiger partial charge >= 0.3 is 0 Å². The van der Waals surface area contributed by atoms with Gasteiger partial charge in [-0.3, -0.25) is 6.08 Å². The number of hydrogen-bond donors (Lipinski definition) is 0. The molecule has 0 spiro atoms. The van der Waals surface area contributed by atoms with Gasteiger partial charge in [-0.15, -0.1) is 6.92 Å². The first kappa shape index (κ1) is 37.2. The van der Waals surface area contributed by atoms with Crippen LogP contribution >= 0.6 is 0 Å². The van der Waals surface area contributed by atoms with E-state index in [1.54, 1.807) is 31.1 Å². The van der Waals surface area contributed by atoms with Crippen molar-refractivity contribution in [1.82, 2.24) is 0 Å². The van der Waals surface area contributed by atoms with Crippen molar-refractivity contribution in [2.24, 2.45) is 0 Å². The molecule has 0 aliphatic heterocycles. The van der Waals surface area contributed by atoms with Crippen molar-refractivity contribution >= 4 is 63.4 Å². The summed E-state index contributed by atoms with van der Waals surface area (Å²) >= 11 is 0. The third-order valence-corrected chi connectivity index (χ3v) is 21.7. The first-order valence-corrected chi connectivity index (χ1v) is 28.7. The van der Waals surface area contributed by atoms with Gasteiger partial charge in [-0.1, -0.05) is 172 Å². The van der Waals surface area contributed by atoms with Crippen LogP contribution in [0, 0.1) is 26.8 Å². The molecule has 0 fully saturated rings. The normalized spacial score (nSPS) is 18.0. The fourth-order valence-corrected chi connectivity index (χ4v) is 17.7. The molecule has 3 aromatic carbocycles. The van der Waals surface area contributed by atoms with Gasteiger partial charge in [0, 0.05) is 21.7 Å². The van der Waals surface area contributed by atoms with Crippen LogP contribution in [-0.4, -0.2) is 32.3 Å². The van der Waals surface area contributed by atoms with Gasteiger partial charge in [0.25, 0.3) is 0 Å². The van der Waals surface area contributed by atoms with Crippen LogP contribution in [0.3, 0.4) is 0 Å². The second kappa shape index (κ2) is 12.4. The van der Waals surface area contributed by atoms with Gasteiger partial charge in [0.2, 0.25) is 0 Å². The maximum absolute atomic E-state index is 4.24. The Kier molecular flexibility index (Phi) is 10.5. The largest absolute Gasteiger partial charge is 0.265 e. The molecule has 44 heavy (non-hydrogen) atoms. The standard InChI is InChI=1S/C39H57Si4.Ti/c1-27-17-33(40(8,9)10)23-36(20-27)43(39(7)26-30(4)31(5)32(39)6,37-21-28(2)18-34(24-37)41(11,12)13)38-22-29(3)19-35(25-38)42(14,15)16;/h17-25H,1-16H3;/q-1;. The van der Waals surface area contributed by atoms with Gasteiger partial charge in [-0.05, 0) is 36.3 Å². The maximum atomic E-state index is 4.24. The van der Waals surface area contributed by atoms with Crippen LogP contribution in [0.4, 0.5) is 0 Å². The van der Waals surface area contributed by atoms with E-state index < -0.39 is 32.3 Å². The molecular weight excluding hydrogens is 629 g/mol. The molecule has 0 N–H and O–H groups in total. The summed E-state index contributed by atoms with van der Waals surface area (Å²) in [5.74, 6) is 0. The maximum Gasteiger partial charge on any atom is 0.143 e. The zero-order valence-corrected chi connectivity index (χ0v) is 36.3. The molecule has 1 atom stereocenters. The summed E-state index contributed by atoms with van der Waals surface area (Å²) in [7, 11) is -7.58. The number of allylic oxidation sites excluding steroid dienone is 4. The van der Waals surface area contributed by atoms with Gasteiger partial charge in [0.05, 0.1) is 24.2 Å². The summed E-state index contributed by atoms with van der Waals surface area (Å²) in [5, 5.41) is 9.15. The Balaban J connectivity index is 0.00000529. The van der Waals surface area contributed by atoms with E-state index in [1.165, 1.54) is 33.4 Å². The van der Waals surface area contributed by atoms with Crippen molar-refractivity contribution in [2.75, 3.05) is 0 Å². The summed E-state index contributed by atoms with van der Waals surface area (Å²) in [4.78, 5) is 0. The van der Waals surface area contributed by atoms with Crippen molar-refractivity contribution in [3.05, 3.63) is 94.1 Å². The summed E-state index contributed by atoms with van der Waals surface area (Å²) in [6.07, 6.45) is 4.24. The smallest absolute Gasteiger partial charge is 0.143 e. The van der Waals surface area contributed by atoms with Crippen LogP contribution in [0.15, 0.2) is 71.3 Å². The molecule has 1 unspecified atom stereocenters. The minimum absolute atomic E-state index is 0. The zero-order chi connectivity index (χ0) is 32.5. The average molecular weight is 686 g/mol. The molecule has 0 radical (unpaired) electrons. The fraction of sp³-hybridized carbons (Fsp3) is 0.436. The Morgan fingerprint density at radius 1 is 0.455 bits per heavy atom. The molecule has 0 saturated heterocycles. The van der Waals surface area contributed by atoms with Crippen molar-refractivity contribution in [3.63, 3.8) is 0 Å². The second-order valence-corrected chi connectivity index (χ2v) is 36.4. The topological polar surface area (TPSA) is 0 Å². The van der Waals surface area contributed by atoms with Gasteiger partial charge in [-0.2, -0.15) is 11.1 Å². The molecule has 5 heteroatoms. The molecule has 0 saturated carbocycles. The molecule has 0 aromatic heterocycles. The van der Waals surface area contributed by atoms with E-state index in [0.29, 0.717) is 0 Å². The zero-order valence-electron chi connectivity index (χ0n) is 30.7. The number of benzene rings is 3. The minimum Gasteiger partial charge on any atom is -0.265 e. The van der Waals surface area contributed by atoms with E-state index in [2.05, 4.69) is 168 Å². The second-order valence-electron chi connectivity index (χ2n) is 16.9. The molecule has 0 nitrogen and oxygen atoms in total. The Bertz CT molecular complexity index is 1490. The summed E-state index contributed by atoms with van der Waals surface area (Å²) in [6.45, 7) is 39.1. The molecule has 3 aromatic rings. The van der Waals surface area contributed by atoms with E-state index in [4.69, 9.17) is 0 Å². The van der Waals surface area contributed by atoms with E-state index in [0.717, 1.165) is 0 Å². The molecule has 0 amide bonds. The third-order valence-electron chi connectivity index (χ3n) is 10.2. The van der Waals surface area contributed by atoms with E-state index >= 15 is 0 Å². The van der Waals surface area contributed by atoms with Crippen LogP contribution in [0.25, 0.3) is 0 Å². The monoisotopic (exact) mass is 685 g/mol. The van der Waals surface area contributed by atoms with E-state index in [-0.39, 0.29) is 26.8 Å². The molecule has 234 valence electrons. The Morgan fingerprint density at radius 2 is 0.727 bits per heavy atom.